The van der Waals surface area contributed by atoms with Gasteiger partial charge in [-0.2, -0.15) is 0 Å². The fourth-order valence-corrected chi connectivity index (χ4v) is 2.46. The van der Waals surface area contributed by atoms with Crippen molar-refractivity contribution in [2.45, 2.75) is 5.79 Å². The second-order valence-electron chi connectivity index (χ2n) is 4.44. The Morgan fingerprint density at radius 1 is 1.24 bits per heavy atom. The Morgan fingerprint density at radius 2 is 1.90 bits per heavy atom. The summed E-state index contributed by atoms with van der Waals surface area (Å²) in [6.07, 6.45) is 0. The van der Waals surface area contributed by atoms with Crippen LogP contribution in [0.3, 0.4) is 0 Å². The first kappa shape index (κ1) is 15.8. The minimum atomic E-state index is -2.55. The Bertz CT molecular complexity index is 631. The summed E-state index contributed by atoms with van der Waals surface area (Å²) in [5.74, 6) is -3.87. The van der Waals surface area contributed by atoms with Gasteiger partial charge in [-0.15, -0.1) is 0 Å². The first-order valence-corrected chi connectivity index (χ1v) is 7.16. The van der Waals surface area contributed by atoms with Gasteiger partial charge in [0.15, 0.2) is 0 Å². The van der Waals surface area contributed by atoms with Crippen molar-refractivity contribution in [2.24, 2.45) is 0 Å². The summed E-state index contributed by atoms with van der Waals surface area (Å²) >= 11 is 1.83. The van der Waals surface area contributed by atoms with Gasteiger partial charge in [0.2, 0.25) is 5.79 Å². The molecule has 1 atom stereocenters. The van der Waals surface area contributed by atoms with Gasteiger partial charge in [-0.05, 0) is 52.9 Å². The molecule has 6 heteroatoms. The summed E-state index contributed by atoms with van der Waals surface area (Å²) < 4.78 is 28.7. The Kier molecular flexibility index (Phi) is 4.89. The van der Waals surface area contributed by atoms with Crippen LogP contribution in [0.1, 0.15) is 15.9 Å². The average molecular weight is 403 g/mol. The third-order valence-electron chi connectivity index (χ3n) is 2.89. The quantitative estimate of drug-likeness (QED) is 0.610. The smallest absolute Gasteiger partial charge is 0.254 e. The topological polar surface area (TPSA) is 49.3 Å². The molecule has 2 aromatic rings. The minimum absolute atomic E-state index is 0.140. The van der Waals surface area contributed by atoms with Crippen LogP contribution in [0.25, 0.3) is 0 Å². The molecule has 0 heterocycles. The van der Waals surface area contributed by atoms with E-state index in [9.17, 15) is 18.7 Å². The summed E-state index contributed by atoms with van der Waals surface area (Å²) in [6.45, 7) is -0.995. The molecule has 0 aliphatic rings. The fourth-order valence-electron chi connectivity index (χ4n) is 1.83. The lowest BCUT2D eigenvalue weighted by Crippen LogP contribution is -2.45. The largest absolute Gasteiger partial charge is 0.391 e. The van der Waals surface area contributed by atoms with Crippen LogP contribution in [0.2, 0.25) is 0 Å². The van der Waals surface area contributed by atoms with Gasteiger partial charge in [-0.1, -0.05) is 18.2 Å². The second-order valence-corrected chi connectivity index (χ2v) is 5.68. The molecule has 0 aliphatic carbocycles. The maximum atomic E-state index is 14.8. The van der Waals surface area contributed by atoms with Gasteiger partial charge in [0.1, 0.15) is 12.4 Å². The number of alkyl halides is 1. The lowest BCUT2D eigenvalue weighted by Gasteiger charge is -2.25. The van der Waals surface area contributed by atoms with Crippen molar-refractivity contribution in [1.82, 2.24) is 5.32 Å². The van der Waals surface area contributed by atoms with Crippen molar-refractivity contribution in [3.8, 4) is 0 Å². The highest BCUT2D eigenvalue weighted by Crippen LogP contribution is 2.26. The van der Waals surface area contributed by atoms with Crippen LogP contribution >= 0.6 is 22.6 Å². The summed E-state index contributed by atoms with van der Waals surface area (Å²) in [5, 5.41) is 11.4. The normalized spacial score (nSPS) is 13.5. The number of nitrogens with one attached hydrogen (secondary N) is 1. The van der Waals surface area contributed by atoms with Gasteiger partial charge in [-0.3, -0.25) is 4.79 Å². The number of carbonyl (C=O) groups is 1. The summed E-state index contributed by atoms with van der Waals surface area (Å²) in [7, 11) is 0. The lowest BCUT2D eigenvalue weighted by molar-refractivity contribution is 0.0310. The summed E-state index contributed by atoms with van der Waals surface area (Å²) in [6, 6.07) is 11.6. The summed E-state index contributed by atoms with van der Waals surface area (Å²) in [5.41, 5.74) is 0.109. The number of aliphatic hydroxyl groups excluding tert-OH is 1. The standard InChI is InChI=1S/C15H12F2INO2/c16-12-6-11(7-13(18)8-12)15(17,9-20)19-14(21)10-4-2-1-3-5-10/h1-8,20H,9H2,(H,19,21). The Labute approximate surface area is 134 Å². The molecule has 2 rings (SSSR count). The number of hydrogen-bond acceptors (Lipinski definition) is 2. The van der Waals surface area contributed by atoms with Gasteiger partial charge < -0.3 is 10.4 Å². The highest BCUT2D eigenvalue weighted by Gasteiger charge is 2.34. The zero-order valence-corrected chi connectivity index (χ0v) is 13.0. The lowest BCUT2D eigenvalue weighted by atomic mass is 10.0. The highest BCUT2D eigenvalue weighted by molar-refractivity contribution is 14.1. The second kappa shape index (κ2) is 6.48. The average Bonchev–Trinajstić information content (AvgIpc) is 2.47. The molecule has 2 aromatic carbocycles. The van der Waals surface area contributed by atoms with Gasteiger partial charge in [0, 0.05) is 14.7 Å². The molecule has 3 nitrogen and oxygen atoms in total. The number of carbonyl (C=O) groups excluding carboxylic acids is 1. The molecule has 0 radical (unpaired) electrons. The van der Waals surface area contributed by atoms with Crippen LogP contribution in [0.15, 0.2) is 48.5 Å². The van der Waals surface area contributed by atoms with E-state index in [1.165, 1.54) is 24.3 Å². The minimum Gasteiger partial charge on any atom is -0.391 e. The molecule has 1 amide bonds. The number of hydrogen-bond donors (Lipinski definition) is 2. The van der Waals surface area contributed by atoms with Crippen LogP contribution < -0.4 is 5.32 Å². The molecule has 0 aromatic heterocycles. The zero-order chi connectivity index (χ0) is 15.5. The molecule has 1 unspecified atom stereocenters. The molecule has 21 heavy (non-hydrogen) atoms. The third kappa shape index (κ3) is 3.76. The van der Waals surface area contributed by atoms with Gasteiger partial charge in [0.05, 0.1) is 0 Å². The van der Waals surface area contributed by atoms with Gasteiger partial charge in [0.25, 0.3) is 5.91 Å². The molecule has 2 N–H and O–H groups in total. The number of halogens is 3. The van der Waals surface area contributed by atoms with Crippen molar-refractivity contribution in [3.05, 3.63) is 69.0 Å². The number of benzene rings is 2. The summed E-state index contributed by atoms with van der Waals surface area (Å²) in [4.78, 5) is 12.0. The van der Waals surface area contributed by atoms with E-state index >= 15 is 0 Å². The first-order valence-electron chi connectivity index (χ1n) is 6.08. The zero-order valence-electron chi connectivity index (χ0n) is 10.8. The van der Waals surface area contributed by atoms with E-state index in [1.807, 2.05) is 22.6 Å². The van der Waals surface area contributed by atoms with Crippen LogP contribution in [-0.2, 0) is 5.79 Å². The molecule has 0 fully saturated rings. The van der Waals surface area contributed by atoms with Crippen molar-refractivity contribution in [1.29, 1.82) is 0 Å². The van der Waals surface area contributed by atoms with E-state index in [0.717, 1.165) is 6.07 Å². The van der Waals surface area contributed by atoms with Crippen molar-refractivity contribution in [2.75, 3.05) is 6.61 Å². The van der Waals surface area contributed by atoms with E-state index in [0.29, 0.717) is 3.57 Å². The Morgan fingerprint density at radius 3 is 2.48 bits per heavy atom. The predicted octanol–water partition coefficient (Wildman–Crippen LogP) is 2.97. The van der Waals surface area contributed by atoms with E-state index in [1.54, 1.807) is 18.2 Å². The molecular formula is C15H12F2INO2. The number of rotatable bonds is 4. The molecular weight excluding hydrogens is 391 g/mol. The first-order chi connectivity index (χ1) is 9.94. The fraction of sp³-hybridized carbons (Fsp3) is 0.133. The van der Waals surface area contributed by atoms with Crippen molar-refractivity contribution in [3.63, 3.8) is 0 Å². The Hall–Kier alpha value is -1.54. The molecule has 110 valence electrons. The van der Waals surface area contributed by atoms with E-state index in [-0.39, 0.29) is 11.1 Å². The maximum absolute atomic E-state index is 14.8. The highest BCUT2D eigenvalue weighted by atomic mass is 127. The van der Waals surface area contributed by atoms with Crippen LogP contribution in [0.4, 0.5) is 8.78 Å². The molecule has 0 spiro atoms. The van der Waals surface area contributed by atoms with Crippen LogP contribution in [0, 0.1) is 9.39 Å². The van der Waals surface area contributed by atoms with E-state index in [2.05, 4.69) is 5.32 Å². The number of amides is 1. The van der Waals surface area contributed by atoms with Crippen LogP contribution in [0.5, 0.6) is 0 Å². The van der Waals surface area contributed by atoms with Crippen molar-refractivity contribution >= 4 is 28.5 Å². The van der Waals surface area contributed by atoms with Crippen molar-refractivity contribution < 1.29 is 18.7 Å². The van der Waals surface area contributed by atoms with Gasteiger partial charge >= 0.3 is 0 Å². The van der Waals surface area contributed by atoms with Gasteiger partial charge in [-0.25, -0.2) is 8.78 Å². The number of aliphatic hydroxyl groups is 1. The molecule has 0 aliphatic heterocycles. The van der Waals surface area contributed by atoms with E-state index < -0.39 is 24.1 Å². The third-order valence-corrected chi connectivity index (χ3v) is 3.51. The maximum Gasteiger partial charge on any atom is 0.254 e. The Balaban J connectivity index is 2.31. The predicted molar refractivity (Wildman–Crippen MR) is 82.9 cm³/mol. The molecule has 0 saturated heterocycles. The van der Waals surface area contributed by atoms with E-state index in [4.69, 9.17) is 0 Å². The SMILES string of the molecule is O=C(NC(F)(CO)c1cc(F)cc(I)c1)c1ccccc1. The molecule has 0 saturated carbocycles. The molecule has 0 bridgehead atoms. The van der Waals surface area contributed by atoms with Crippen LogP contribution in [-0.4, -0.2) is 17.6 Å². The monoisotopic (exact) mass is 403 g/mol.